The van der Waals surface area contributed by atoms with Crippen LogP contribution in [0.25, 0.3) is 11.0 Å². The SMILES string of the molecule is CCc1nc2c(Br)cccc2n1C/C(F)=C/CNC(=O)OC(C)(C)C. The predicted molar refractivity (Wildman–Crippen MR) is 100 cm³/mol. The number of hydrogen-bond donors (Lipinski definition) is 1. The molecule has 7 heteroatoms. The Morgan fingerprint density at radius 2 is 2.16 bits per heavy atom. The van der Waals surface area contributed by atoms with E-state index < -0.39 is 11.7 Å². The van der Waals surface area contributed by atoms with E-state index in [0.29, 0.717) is 6.42 Å². The number of carbonyl (C=O) groups is 1. The number of para-hydroxylation sites is 1. The Hall–Kier alpha value is -1.89. The first kappa shape index (κ1) is 19.4. The predicted octanol–water partition coefficient (Wildman–Crippen LogP) is 4.74. The van der Waals surface area contributed by atoms with Crippen LogP contribution in [-0.2, 0) is 17.7 Å². The topological polar surface area (TPSA) is 56.2 Å². The van der Waals surface area contributed by atoms with E-state index in [1.807, 2.05) is 29.7 Å². The Kier molecular flexibility index (Phi) is 6.21. The summed E-state index contributed by atoms with van der Waals surface area (Å²) in [6.07, 6.45) is 1.47. The smallest absolute Gasteiger partial charge is 0.407 e. The Bertz CT molecular complexity index is 793. The number of carbonyl (C=O) groups excluding carboxylic acids is 1. The van der Waals surface area contributed by atoms with Crippen molar-refractivity contribution >= 4 is 33.1 Å². The summed E-state index contributed by atoms with van der Waals surface area (Å²) in [7, 11) is 0. The van der Waals surface area contributed by atoms with Crippen LogP contribution in [0.5, 0.6) is 0 Å². The molecule has 2 rings (SSSR count). The van der Waals surface area contributed by atoms with Crippen molar-refractivity contribution in [3.8, 4) is 0 Å². The van der Waals surface area contributed by atoms with Gasteiger partial charge >= 0.3 is 6.09 Å². The number of amides is 1. The van der Waals surface area contributed by atoms with Gasteiger partial charge in [-0.1, -0.05) is 13.0 Å². The molecule has 0 saturated heterocycles. The van der Waals surface area contributed by atoms with Gasteiger partial charge in [0.1, 0.15) is 22.8 Å². The fourth-order valence-corrected chi connectivity index (χ4v) is 2.83. The molecule has 0 saturated carbocycles. The molecular formula is C18H23BrFN3O2. The molecule has 0 radical (unpaired) electrons. The Morgan fingerprint density at radius 1 is 1.44 bits per heavy atom. The second-order valence-electron chi connectivity index (χ2n) is 6.61. The van der Waals surface area contributed by atoms with Gasteiger partial charge in [0.15, 0.2) is 0 Å². The van der Waals surface area contributed by atoms with Gasteiger partial charge in [-0.2, -0.15) is 0 Å². The zero-order valence-electron chi connectivity index (χ0n) is 14.9. The van der Waals surface area contributed by atoms with Crippen molar-refractivity contribution in [2.75, 3.05) is 6.54 Å². The lowest BCUT2D eigenvalue weighted by atomic mass is 10.2. The minimum absolute atomic E-state index is 0.0680. The largest absolute Gasteiger partial charge is 0.444 e. The number of allylic oxidation sites excluding steroid dienone is 1. The molecule has 1 aromatic heterocycles. The third-order valence-electron chi connectivity index (χ3n) is 3.40. The lowest BCUT2D eigenvalue weighted by Gasteiger charge is -2.19. The number of aromatic nitrogens is 2. The number of aryl methyl sites for hydroxylation is 1. The summed E-state index contributed by atoms with van der Waals surface area (Å²) in [6.45, 7) is 7.45. The molecule has 0 fully saturated rings. The number of imidazole rings is 1. The highest BCUT2D eigenvalue weighted by atomic mass is 79.9. The summed E-state index contributed by atoms with van der Waals surface area (Å²) in [5, 5.41) is 2.51. The van der Waals surface area contributed by atoms with Crippen LogP contribution in [0.1, 0.15) is 33.5 Å². The van der Waals surface area contributed by atoms with Gasteiger partial charge in [-0.25, -0.2) is 14.2 Å². The van der Waals surface area contributed by atoms with E-state index in [4.69, 9.17) is 4.74 Å². The van der Waals surface area contributed by atoms with Gasteiger partial charge in [0, 0.05) is 17.4 Å². The van der Waals surface area contributed by atoms with Crippen molar-refractivity contribution in [1.82, 2.24) is 14.9 Å². The number of alkyl carbamates (subject to hydrolysis) is 1. The summed E-state index contributed by atoms with van der Waals surface area (Å²) >= 11 is 3.48. The number of nitrogens with one attached hydrogen (secondary N) is 1. The molecule has 5 nitrogen and oxygen atoms in total. The molecule has 2 aromatic rings. The van der Waals surface area contributed by atoms with E-state index in [1.54, 1.807) is 20.8 Å². The van der Waals surface area contributed by atoms with Crippen LogP contribution in [0.3, 0.4) is 0 Å². The first-order valence-corrected chi connectivity index (χ1v) is 8.95. The number of halogens is 2. The molecule has 0 aliphatic carbocycles. The standard InChI is InChI=1S/C18H23BrFN3O2/c1-5-15-22-16-13(19)7-6-8-14(16)23(15)11-12(20)9-10-21-17(24)25-18(2,3)4/h6-9H,5,10-11H2,1-4H3,(H,21,24)/b12-9-. The minimum atomic E-state index is -0.578. The van der Waals surface area contributed by atoms with E-state index in [1.165, 1.54) is 6.08 Å². The molecule has 1 aromatic carbocycles. The maximum Gasteiger partial charge on any atom is 0.407 e. The molecule has 0 aliphatic rings. The molecule has 1 N–H and O–H groups in total. The summed E-state index contributed by atoms with van der Waals surface area (Å²) in [5.41, 5.74) is 1.11. The van der Waals surface area contributed by atoms with E-state index in [9.17, 15) is 9.18 Å². The maximum atomic E-state index is 14.3. The average Bonchev–Trinajstić information content (AvgIpc) is 2.85. The van der Waals surface area contributed by atoms with Crippen molar-refractivity contribution < 1.29 is 13.9 Å². The van der Waals surface area contributed by atoms with Gasteiger partial charge in [-0.15, -0.1) is 0 Å². The highest BCUT2D eigenvalue weighted by molar-refractivity contribution is 9.10. The zero-order valence-corrected chi connectivity index (χ0v) is 16.5. The number of hydrogen-bond acceptors (Lipinski definition) is 3. The van der Waals surface area contributed by atoms with Gasteiger partial charge in [0.05, 0.1) is 12.1 Å². The number of nitrogens with zero attached hydrogens (tertiary/aromatic N) is 2. The van der Waals surface area contributed by atoms with Crippen LogP contribution >= 0.6 is 15.9 Å². The first-order chi connectivity index (χ1) is 11.7. The second-order valence-corrected chi connectivity index (χ2v) is 7.46. The van der Waals surface area contributed by atoms with Gasteiger partial charge in [-0.3, -0.25) is 0 Å². The van der Waals surface area contributed by atoms with Crippen LogP contribution < -0.4 is 5.32 Å². The fourth-order valence-electron chi connectivity index (χ4n) is 2.38. The normalized spacial score (nSPS) is 12.5. The Labute approximate surface area is 155 Å². The third kappa shape index (κ3) is 5.29. The van der Waals surface area contributed by atoms with Crippen LogP contribution in [0, 0.1) is 0 Å². The fraction of sp³-hybridized carbons (Fsp3) is 0.444. The summed E-state index contributed by atoms with van der Waals surface area (Å²) in [6, 6.07) is 5.73. The summed E-state index contributed by atoms with van der Waals surface area (Å²) in [5.74, 6) is 0.468. The number of ether oxygens (including phenoxy) is 1. The first-order valence-electron chi connectivity index (χ1n) is 8.16. The van der Waals surface area contributed by atoms with Crippen molar-refractivity contribution in [2.24, 2.45) is 0 Å². The molecule has 1 heterocycles. The summed E-state index contributed by atoms with van der Waals surface area (Å²) < 4.78 is 22.1. The van der Waals surface area contributed by atoms with E-state index in [0.717, 1.165) is 21.3 Å². The number of fused-ring (bicyclic) bond motifs is 1. The van der Waals surface area contributed by atoms with Crippen molar-refractivity contribution in [1.29, 1.82) is 0 Å². The van der Waals surface area contributed by atoms with Gasteiger partial charge < -0.3 is 14.6 Å². The molecule has 0 atom stereocenters. The third-order valence-corrected chi connectivity index (χ3v) is 4.04. The van der Waals surface area contributed by atoms with Crippen molar-refractivity contribution in [3.63, 3.8) is 0 Å². The van der Waals surface area contributed by atoms with Crippen molar-refractivity contribution in [3.05, 3.63) is 40.4 Å². The monoisotopic (exact) mass is 411 g/mol. The highest BCUT2D eigenvalue weighted by Gasteiger charge is 2.16. The molecular weight excluding hydrogens is 389 g/mol. The number of benzene rings is 1. The molecule has 0 unspecified atom stereocenters. The van der Waals surface area contributed by atoms with Crippen LogP contribution in [0.15, 0.2) is 34.6 Å². The molecule has 1 amide bonds. The number of rotatable bonds is 5. The van der Waals surface area contributed by atoms with E-state index >= 15 is 0 Å². The molecule has 0 spiro atoms. The zero-order chi connectivity index (χ0) is 18.6. The van der Waals surface area contributed by atoms with Gasteiger partial charge in [0.25, 0.3) is 0 Å². The minimum Gasteiger partial charge on any atom is -0.444 e. The lowest BCUT2D eigenvalue weighted by molar-refractivity contribution is 0.0534. The second kappa shape index (κ2) is 7.99. The molecule has 0 bridgehead atoms. The molecule has 0 aliphatic heterocycles. The average molecular weight is 412 g/mol. The van der Waals surface area contributed by atoms with Crippen LogP contribution in [0.4, 0.5) is 9.18 Å². The lowest BCUT2D eigenvalue weighted by Crippen LogP contribution is -2.32. The maximum absolute atomic E-state index is 14.3. The Balaban J connectivity index is 2.07. The van der Waals surface area contributed by atoms with Crippen LogP contribution in [0.2, 0.25) is 0 Å². The Morgan fingerprint density at radius 3 is 2.80 bits per heavy atom. The highest BCUT2D eigenvalue weighted by Crippen LogP contribution is 2.25. The molecule has 25 heavy (non-hydrogen) atoms. The van der Waals surface area contributed by atoms with E-state index in [-0.39, 0.29) is 18.9 Å². The van der Waals surface area contributed by atoms with Gasteiger partial charge in [-0.05, 0) is 54.9 Å². The van der Waals surface area contributed by atoms with Crippen LogP contribution in [-0.4, -0.2) is 27.8 Å². The summed E-state index contributed by atoms with van der Waals surface area (Å²) in [4.78, 5) is 16.1. The quantitative estimate of drug-likeness (QED) is 0.772. The molecule has 136 valence electrons. The van der Waals surface area contributed by atoms with E-state index in [2.05, 4.69) is 26.2 Å². The van der Waals surface area contributed by atoms with Crippen molar-refractivity contribution in [2.45, 2.75) is 46.3 Å². The van der Waals surface area contributed by atoms with Gasteiger partial charge in [0.2, 0.25) is 0 Å².